The zero-order valence-electron chi connectivity index (χ0n) is 10.4. The van der Waals surface area contributed by atoms with E-state index in [1.165, 1.54) is 0 Å². The normalized spacial score (nSPS) is 21.3. The van der Waals surface area contributed by atoms with Crippen LogP contribution in [0.1, 0.15) is 30.9 Å². The molecule has 1 aliphatic rings. The van der Waals surface area contributed by atoms with Gasteiger partial charge in [-0.2, -0.15) is 0 Å². The van der Waals surface area contributed by atoms with Gasteiger partial charge in [0, 0.05) is 0 Å². The highest BCUT2D eigenvalue weighted by molar-refractivity contribution is 5.82. The number of carbonyl (C=O) groups excluding carboxylic acids is 1. The predicted octanol–water partition coefficient (Wildman–Crippen LogP) is 0.978. The lowest BCUT2D eigenvalue weighted by atomic mass is 10.0. The third-order valence-electron chi connectivity index (χ3n) is 3.33. The molecule has 2 unspecified atom stereocenters. The van der Waals surface area contributed by atoms with Crippen LogP contribution in [0.4, 0.5) is 0 Å². The average Bonchev–Trinajstić information content (AvgIpc) is 2.46. The number of amides is 1. The molecule has 1 saturated heterocycles. The highest BCUT2D eigenvalue weighted by atomic mass is 16.3. The number of aliphatic hydroxyl groups is 1. The highest BCUT2D eigenvalue weighted by Crippen LogP contribution is 2.13. The van der Waals surface area contributed by atoms with E-state index in [0.29, 0.717) is 0 Å². The lowest BCUT2D eigenvalue weighted by Crippen LogP contribution is -2.48. The summed E-state index contributed by atoms with van der Waals surface area (Å²) in [7, 11) is 0. The molecule has 1 fully saturated rings. The Bertz CT molecular complexity index is 375. The molecule has 1 amide bonds. The number of benzene rings is 1. The van der Waals surface area contributed by atoms with Gasteiger partial charge in [0.05, 0.1) is 18.7 Å². The van der Waals surface area contributed by atoms with Crippen LogP contribution in [0.2, 0.25) is 0 Å². The Kier molecular flexibility index (Phi) is 4.73. The fourth-order valence-electron chi connectivity index (χ4n) is 2.27. The summed E-state index contributed by atoms with van der Waals surface area (Å²) in [5, 5.41) is 15.5. The predicted molar refractivity (Wildman–Crippen MR) is 70.1 cm³/mol. The summed E-state index contributed by atoms with van der Waals surface area (Å²) in [4.78, 5) is 12.1. The second-order valence-electron chi connectivity index (χ2n) is 4.66. The van der Waals surface area contributed by atoms with E-state index in [1.807, 2.05) is 30.3 Å². The van der Waals surface area contributed by atoms with Crippen molar-refractivity contribution in [1.29, 1.82) is 0 Å². The maximum absolute atomic E-state index is 12.1. The first kappa shape index (κ1) is 13.1. The molecule has 0 radical (unpaired) electrons. The molecule has 1 aromatic carbocycles. The third kappa shape index (κ3) is 3.31. The number of nitrogens with one attached hydrogen (secondary N) is 2. The molecular formula is C14H20N2O2. The quantitative estimate of drug-likeness (QED) is 0.744. The molecule has 2 atom stereocenters. The maximum Gasteiger partial charge on any atom is 0.237 e. The van der Waals surface area contributed by atoms with Gasteiger partial charge < -0.3 is 15.7 Å². The smallest absolute Gasteiger partial charge is 0.237 e. The van der Waals surface area contributed by atoms with Gasteiger partial charge in [-0.3, -0.25) is 4.79 Å². The van der Waals surface area contributed by atoms with E-state index in [1.54, 1.807) is 0 Å². The zero-order chi connectivity index (χ0) is 12.8. The zero-order valence-corrected chi connectivity index (χ0v) is 10.4. The Balaban J connectivity index is 1.95. The van der Waals surface area contributed by atoms with Crippen molar-refractivity contribution in [2.24, 2.45) is 0 Å². The second-order valence-corrected chi connectivity index (χ2v) is 4.66. The molecular weight excluding hydrogens is 228 g/mol. The van der Waals surface area contributed by atoms with E-state index in [2.05, 4.69) is 10.6 Å². The Morgan fingerprint density at radius 1 is 1.39 bits per heavy atom. The highest BCUT2D eigenvalue weighted by Gasteiger charge is 2.23. The fraction of sp³-hybridized carbons (Fsp3) is 0.500. The number of rotatable bonds is 4. The molecule has 4 heteroatoms. The molecule has 3 N–H and O–H groups in total. The minimum absolute atomic E-state index is 0.0161. The van der Waals surface area contributed by atoms with Crippen LogP contribution < -0.4 is 10.6 Å². The first-order valence-corrected chi connectivity index (χ1v) is 6.51. The van der Waals surface area contributed by atoms with E-state index in [-0.39, 0.29) is 24.6 Å². The van der Waals surface area contributed by atoms with Crippen LogP contribution in [-0.4, -0.2) is 30.2 Å². The molecule has 1 aliphatic heterocycles. The van der Waals surface area contributed by atoms with Crippen LogP contribution in [-0.2, 0) is 4.79 Å². The first-order chi connectivity index (χ1) is 8.81. The molecule has 0 aliphatic carbocycles. The molecule has 4 nitrogen and oxygen atoms in total. The maximum atomic E-state index is 12.1. The summed E-state index contributed by atoms with van der Waals surface area (Å²) in [5.74, 6) is -0.0161. The Hall–Kier alpha value is -1.39. The SMILES string of the molecule is O=C(NC(CO)c1ccccc1)C1CCCCN1. The van der Waals surface area contributed by atoms with Crippen molar-refractivity contribution in [1.82, 2.24) is 10.6 Å². The van der Waals surface area contributed by atoms with Crippen LogP contribution >= 0.6 is 0 Å². The number of piperidine rings is 1. The first-order valence-electron chi connectivity index (χ1n) is 6.51. The Morgan fingerprint density at radius 3 is 2.78 bits per heavy atom. The van der Waals surface area contributed by atoms with Gasteiger partial charge in [0.1, 0.15) is 0 Å². The summed E-state index contributed by atoms with van der Waals surface area (Å²) < 4.78 is 0. The molecule has 2 rings (SSSR count). The molecule has 0 aromatic heterocycles. The summed E-state index contributed by atoms with van der Waals surface area (Å²) in [6, 6.07) is 9.12. The topological polar surface area (TPSA) is 61.4 Å². The Labute approximate surface area is 107 Å². The van der Waals surface area contributed by atoms with Gasteiger partial charge in [0.2, 0.25) is 5.91 Å². The van der Waals surface area contributed by atoms with Crippen molar-refractivity contribution in [3.63, 3.8) is 0 Å². The van der Waals surface area contributed by atoms with Gasteiger partial charge in [-0.25, -0.2) is 0 Å². The molecule has 18 heavy (non-hydrogen) atoms. The molecule has 0 saturated carbocycles. The fourth-order valence-corrected chi connectivity index (χ4v) is 2.27. The van der Waals surface area contributed by atoms with E-state index in [0.717, 1.165) is 31.4 Å². The number of hydrogen-bond acceptors (Lipinski definition) is 3. The molecule has 1 heterocycles. The number of hydrogen-bond donors (Lipinski definition) is 3. The van der Waals surface area contributed by atoms with Gasteiger partial charge >= 0.3 is 0 Å². The monoisotopic (exact) mass is 248 g/mol. The van der Waals surface area contributed by atoms with Gasteiger partial charge in [0.25, 0.3) is 0 Å². The van der Waals surface area contributed by atoms with Crippen molar-refractivity contribution in [2.45, 2.75) is 31.3 Å². The van der Waals surface area contributed by atoms with Crippen molar-refractivity contribution < 1.29 is 9.90 Å². The summed E-state index contributed by atoms with van der Waals surface area (Å²) in [5.41, 5.74) is 0.934. The van der Waals surface area contributed by atoms with Gasteiger partial charge in [-0.1, -0.05) is 36.8 Å². The molecule has 1 aromatic rings. The van der Waals surface area contributed by atoms with E-state index < -0.39 is 0 Å². The molecule has 0 spiro atoms. The van der Waals surface area contributed by atoms with Crippen LogP contribution in [0, 0.1) is 0 Å². The van der Waals surface area contributed by atoms with Crippen molar-refractivity contribution in [3.05, 3.63) is 35.9 Å². The largest absolute Gasteiger partial charge is 0.394 e. The number of carbonyl (C=O) groups is 1. The van der Waals surface area contributed by atoms with E-state index in [4.69, 9.17) is 0 Å². The van der Waals surface area contributed by atoms with E-state index in [9.17, 15) is 9.90 Å². The standard InChI is InChI=1S/C14H20N2O2/c17-10-13(11-6-2-1-3-7-11)16-14(18)12-8-4-5-9-15-12/h1-3,6-7,12-13,15,17H,4-5,8-10H2,(H,16,18). The average molecular weight is 248 g/mol. The summed E-state index contributed by atoms with van der Waals surface area (Å²) in [6.07, 6.45) is 3.09. The van der Waals surface area contributed by atoms with Crippen molar-refractivity contribution >= 4 is 5.91 Å². The van der Waals surface area contributed by atoms with Gasteiger partial charge in [-0.15, -0.1) is 0 Å². The summed E-state index contributed by atoms with van der Waals surface area (Å²) >= 11 is 0. The van der Waals surface area contributed by atoms with Gasteiger partial charge in [0.15, 0.2) is 0 Å². The van der Waals surface area contributed by atoms with Crippen LogP contribution in [0.15, 0.2) is 30.3 Å². The Morgan fingerprint density at radius 2 is 2.17 bits per heavy atom. The van der Waals surface area contributed by atoms with Crippen LogP contribution in [0.3, 0.4) is 0 Å². The third-order valence-corrected chi connectivity index (χ3v) is 3.33. The van der Waals surface area contributed by atoms with Crippen molar-refractivity contribution in [2.75, 3.05) is 13.2 Å². The second kappa shape index (κ2) is 6.52. The minimum Gasteiger partial charge on any atom is -0.394 e. The number of aliphatic hydroxyl groups excluding tert-OH is 1. The lowest BCUT2D eigenvalue weighted by Gasteiger charge is -2.25. The molecule has 0 bridgehead atoms. The van der Waals surface area contributed by atoms with Gasteiger partial charge in [-0.05, 0) is 24.9 Å². The van der Waals surface area contributed by atoms with Crippen LogP contribution in [0.25, 0.3) is 0 Å². The molecule has 98 valence electrons. The van der Waals surface area contributed by atoms with Crippen LogP contribution in [0.5, 0.6) is 0 Å². The van der Waals surface area contributed by atoms with E-state index >= 15 is 0 Å². The van der Waals surface area contributed by atoms with Crippen molar-refractivity contribution in [3.8, 4) is 0 Å². The lowest BCUT2D eigenvalue weighted by molar-refractivity contribution is -0.124. The summed E-state index contributed by atoms with van der Waals surface area (Å²) in [6.45, 7) is 0.815. The minimum atomic E-state index is -0.317.